The van der Waals surface area contributed by atoms with Crippen molar-refractivity contribution < 1.29 is 23.1 Å². The number of carbonyl (C=O) groups is 2. The molecule has 0 unspecified atom stereocenters. The van der Waals surface area contributed by atoms with Gasteiger partial charge in [0.25, 0.3) is 11.7 Å². The fourth-order valence-electron chi connectivity index (χ4n) is 2.97. The monoisotopic (exact) mass is 457 g/mol. The third kappa shape index (κ3) is 6.27. The molecular formula is C23H21F2N3O3S. The van der Waals surface area contributed by atoms with Crippen molar-refractivity contribution in [2.24, 2.45) is 0 Å². The van der Waals surface area contributed by atoms with E-state index in [-0.39, 0.29) is 0 Å². The van der Waals surface area contributed by atoms with Crippen LogP contribution < -0.4 is 5.32 Å². The second kappa shape index (κ2) is 10.7. The minimum Gasteiger partial charge on any atom is -0.452 e. The number of amides is 1. The molecule has 0 aliphatic heterocycles. The minimum atomic E-state index is -2.51. The Kier molecular flexibility index (Phi) is 7.77. The van der Waals surface area contributed by atoms with Crippen molar-refractivity contribution in [3.63, 3.8) is 0 Å². The molecule has 0 fully saturated rings. The number of nitrogens with zero attached hydrogens (tertiary/aromatic N) is 2. The third-order valence-electron chi connectivity index (χ3n) is 4.44. The second-order valence-corrected chi connectivity index (χ2v) is 7.79. The first kappa shape index (κ1) is 23.2. The van der Waals surface area contributed by atoms with Gasteiger partial charge >= 0.3 is 5.97 Å². The highest BCUT2D eigenvalue weighted by Crippen LogP contribution is 2.26. The van der Waals surface area contributed by atoms with E-state index in [1.165, 1.54) is 30.3 Å². The SMILES string of the molecule is Cc1nn(-c2ccccc2)c(C)c1C=CC(=O)OCC(=O)Nc1ccc(SC(F)F)cc1. The number of anilines is 1. The van der Waals surface area contributed by atoms with E-state index in [0.29, 0.717) is 22.3 Å². The summed E-state index contributed by atoms with van der Waals surface area (Å²) in [4.78, 5) is 24.4. The van der Waals surface area contributed by atoms with Gasteiger partial charge in [0.1, 0.15) is 0 Å². The first-order valence-electron chi connectivity index (χ1n) is 9.64. The molecule has 6 nitrogen and oxygen atoms in total. The number of nitrogens with one attached hydrogen (secondary N) is 1. The Balaban J connectivity index is 1.54. The van der Waals surface area contributed by atoms with Gasteiger partial charge in [-0.25, -0.2) is 9.48 Å². The molecule has 1 heterocycles. The quantitative estimate of drug-likeness (QED) is 0.293. The van der Waals surface area contributed by atoms with E-state index < -0.39 is 24.2 Å². The number of hydrogen-bond acceptors (Lipinski definition) is 5. The lowest BCUT2D eigenvalue weighted by molar-refractivity contribution is -0.142. The number of aryl methyl sites for hydroxylation is 1. The fourth-order valence-corrected chi connectivity index (χ4v) is 3.47. The van der Waals surface area contributed by atoms with E-state index in [4.69, 9.17) is 4.74 Å². The molecule has 3 rings (SSSR count). The Morgan fingerprint density at radius 2 is 1.81 bits per heavy atom. The normalized spacial score (nSPS) is 11.2. The van der Waals surface area contributed by atoms with Crippen molar-refractivity contribution in [3.8, 4) is 5.69 Å². The van der Waals surface area contributed by atoms with E-state index in [9.17, 15) is 18.4 Å². The molecule has 2 aromatic carbocycles. The van der Waals surface area contributed by atoms with Gasteiger partial charge in [-0.1, -0.05) is 30.0 Å². The van der Waals surface area contributed by atoms with Crippen LogP contribution in [0.25, 0.3) is 11.8 Å². The molecule has 0 saturated heterocycles. The number of carbonyl (C=O) groups excluding carboxylic acids is 2. The maximum Gasteiger partial charge on any atom is 0.331 e. The Hall–Kier alpha value is -3.46. The summed E-state index contributed by atoms with van der Waals surface area (Å²) in [5.74, 6) is -3.72. The zero-order valence-corrected chi connectivity index (χ0v) is 18.2. The number of benzene rings is 2. The zero-order valence-electron chi connectivity index (χ0n) is 17.4. The van der Waals surface area contributed by atoms with E-state index in [0.717, 1.165) is 22.6 Å². The molecule has 0 atom stereocenters. The summed E-state index contributed by atoms with van der Waals surface area (Å²) in [6, 6.07) is 15.6. The molecule has 0 radical (unpaired) electrons. The lowest BCUT2D eigenvalue weighted by Crippen LogP contribution is -2.20. The van der Waals surface area contributed by atoms with Crippen molar-refractivity contribution in [1.82, 2.24) is 9.78 Å². The molecule has 0 saturated carbocycles. The molecule has 1 aromatic heterocycles. The highest BCUT2D eigenvalue weighted by molar-refractivity contribution is 7.99. The summed E-state index contributed by atoms with van der Waals surface area (Å²) in [7, 11) is 0. The van der Waals surface area contributed by atoms with Gasteiger partial charge in [-0.15, -0.1) is 0 Å². The van der Waals surface area contributed by atoms with Crippen LogP contribution in [0.2, 0.25) is 0 Å². The summed E-state index contributed by atoms with van der Waals surface area (Å²) < 4.78 is 31.4. The van der Waals surface area contributed by atoms with E-state index in [1.54, 1.807) is 10.8 Å². The summed E-state index contributed by atoms with van der Waals surface area (Å²) in [6.45, 7) is 3.27. The van der Waals surface area contributed by atoms with Gasteiger partial charge in [0.2, 0.25) is 0 Å². The highest BCUT2D eigenvalue weighted by atomic mass is 32.2. The molecule has 1 amide bonds. The largest absolute Gasteiger partial charge is 0.452 e. The van der Waals surface area contributed by atoms with Gasteiger partial charge < -0.3 is 10.1 Å². The number of hydrogen-bond donors (Lipinski definition) is 1. The Morgan fingerprint density at radius 3 is 2.47 bits per heavy atom. The number of esters is 1. The van der Waals surface area contributed by atoms with Crippen LogP contribution in [0, 0.1) is 13.8 Å². The maximum atomic E-state index is 12.3. The third-order valence-corrected chi connectivity index (χ3v) is 5.17. The van der Waals surface area contributed by atoms with E-state index >= 15 is 0 Å². The van der Waals surface area contributed by atoms with Crippen LogP contribution in [0.1, 0.15) is 17.0 Å². The molecule has 0 bridgehead atoms. The summed E-state index contributed by atoms with van der Waals surface area (Å²) in [6.07, 6.45) is 2.85. The standard InChI is InChI=1S/C23H21F2N3O3S/c1-15-20(16(2)28(27-15)18-6-4-3-5-7-18)12-13-22(30)31-14-21(29)26-17-8-10-19(11-9-17)32-23(24)25/h3-13,23H,14H2,1-2H3,(H,26,29). The molecule has 0 aliphatic carbocycles. The smallest absolute Gasteiger partial charge is 0.331 e. The molecule has 0 spiro atoms. The summed E-state index contributed by atoms with van der Waals surface area (Å²) in [5.41, 5.74) is 3.73. The predicted molar refractivity (Wildman–Crippen MR) is 120 cm³/mol. The Bertz CT molecular complexity index is 1110. The van der Waals surface area contributed by atoms with Crippen molar-refractivity contribution in [3.05, 3.63) is 77.6 Å². The van der Waals surface area contributed by atoms with Crippen LogP contribution in [0.5, 0.6) is 0 Å². The number of thioether (sulfide) groups is 1. The van der Waals surface area contributed by atoms with Crippen molar-refractivity contribution in [1.29, 1.82) is 0 Å². The van der Waals surface area contributed by atoms with Gasteiger partial charge in [0, 0.05) is 27.9 Å². The molecule has 166 valence electrons. The van der Waals surface area contributed by atoms with Crippen molar-refractivity contribution >= 4 is 35.4 Å². The Morgan fingerprint density at radius 1 is 1.12 bits per heavy atom. The van der Waals surface area contributed by atoms with Crippen LogP contribution in [-0.4, -0.2) is 34.0 Å². The molecule has 9 heteroatoms. The molecule has 3 aromatic rings. The van der Waals surface area contributed by atoms with Gasteiger partial charge in [-0.05, 0) is 56.3 Å². The second-order valence-electron chi connectivity index (χ2n) is 6.72. The number of alkyl halides is 2. The lowest BCUT2D eigenvalue weighted by atomic mass is 10.2. The fraction of sp³-hybridized carbons (Fsp3) is 0.174. The molecule has 32 heavy (non-hydrogen) atoms. The van der Waals surface area contributed by atoms with Crippen LogP contribution in [0.3, 0.4) is 0 Å². The highest BCUT2D eigenvalue weighted by Gasteiger charge is 2.12. The predicted octanol–water partition coefficient (Wildman–Crippen LogP) is 5.00. The van der Waals surface area contributed by atoms with Crippen LogP contribution >= 0.6 is 11.8 Å². The first-order chi connectivity index (χ1) is 15.3. The van der Waals surface area contributed by atoms with Crippen LogP contribution in [0.4, 0.5) is 14.5 Å². The van der Waals surface area contributed by atoms with Crippen LogP contribution in [0.15, 0.2) is 65.6 Å². The van der Waals surface area contributed by atoms with Crippen molar-refractivity contribution in [2.45, 2.75) is 24.5 Å². The topological polar surface area (TPSA) is 73.2 Å². The minimum absolute atomic E-state index is 0.385. The van der Waals surface area contributed by atoms with E-state index in [1.807, 2.05) is 44.2 Å². The number of ether oxygens (including phenoxy) is 1. The van der Waals surface area contributed by atoms with Gasteiger partial charge in [0.15, 0.2) is 6.61 Å². The van der Waals surface area contributed by atoms with Gasteiger partial charge in [0.05, 0.1) is 11.4 Å². The Labute approximate surface area is 188 Å². The number of aromatic nitrogens is 2. The average Bonchev–Trinajstić information content (AvgIpc) is 3.06. The summed E-state index contributed by atoms with van der Waals surface area (Å²) >= 11 is 0.417. The maximum absolute atomic E-state index is 12.3. The summed E-state index contributed by atoms with van der Waals surface area (Å²) in [5, 5.41) is 7.05. The molecule has 1 N–H and O–H groups in total. The number of para-hydroxylation sites is 1. The average molecular weight is 458 g/mol. The number of halogens is 2. The van der Waals surface area contributed by atoms with Gasteiger partial charge in [-0.2, -0.15) is 13.9 Å². The van der Waals surface area contributed by atoms with E-state index in [2.05, 4.69) is 10.4 Å². The molecule has 0 aliphatic rings. The molecular weight excluding hydrogens is 436 g/mol. The lowest BCUT2D eigenvalue weighted by Gasteiger charge is -2.06. The first-order valence-corrected chi connectivity index (χ1v) is 10.5. The van der Waals surface area contributed by atoms with Gasteiger partial charge in [-0.3, -0.25) is 4.79 Å². The zero-order chi connectivity index (χ0) is 23.1. The van der Waals surface area contributed by atoms with Crippen molar-refractivity contribution in [2.75, 3.05) is 11.9 Å². The number of rotatable bonds is 8. The van der Waals surface area contributed by atoms with Crippen LogP contribution in [-0.2, 0) is 14.3 Å².